The SMILES string of the molecule is Cc1cc(C)c(NC(=O)COC(=O)Cc2ccc(C(F)(F)F)cc2)c(Cl)c1. The first-order valence-corrected chi connectivity index (χ1v) is 8.32. The number of amides is 1. The lowest BCUT2D eigenvalue weighted by Gasteiger charge is -2.12. The summed E-state index contributed by atoms with van der Waals surface area (Å²) in [6.07, 6.45) is -4.68. The van der Waals surface area contributed by atoms with Crippen LogP contribution in [0.25, 0.3) is 0 Å². The van der Waals surface area contributed by atoms with Crippen molar-refractivity contribution < 1.29 is 27.5 Å². The van der Waals surface area contributed by atoms with Gasteiger partial charge < -0.3 is 10.1 Å². The Labute approximate surface area is 159 Å². The number of benzene rings is 2. The summed E-state index contributed by atoms with van der Waals surface area (Å²) >= 11 is 6.09. The number of anilines is 1. The third-order valence-corrected chi connectivity index (χ3v) is 3.99. The molecule has 4 nitrogen and oxygen atoms in total. The van der Waals surface area contributed by atoms with Crippen LogP contribution in [0.1, 0.15) is 22.3 Å². The predicted octanol–water partition coefficient (Wildman–Crippen LogP) is 4.70. The molecule has 2 aromatic rings. The Morgan fingerprint density at radius 3 is 2.30 bits per heavy atom. The van der Waals surface area contributed by atoms with Gasteiger partial charge in [0, 0.05) is 0 Å². The number of halogens is 4. The summed E-state index contributed by atoms with van der Waals surface area (Å²) in [5.74, 6) is -1.29. The van der Waals surface area contributed by atoms with Gasteiger partial charge in [-0.1, -0.05) is 29.8 Å². The van der Waals surface area contributed by atoms with Crippen LogP contribution in [0.3, 0.4) is 0 Å². The maximum Gasteiger partial charge on any atom is 0.416 e. The number of hydrogen-bond donors (Lipinski definition) is 1. The van der Waals surface area contributed by atoms with Crippen LogP contribution < -0.4 is 5.32 Å². The molecule has 0 spiro atoms. The zero-order chi connectivity index (χ0) is 20.2. The van der Waals surface area contributed by atoms with Crippen molar-refractivity contribution in [1.82, 2.24) is 0 Å². The highest BCUT2D eigenvalue weighted by atomic mass is 35.5. The average molecular weight is 400 g/mol. The van der Waals surface area contributed by atoms with E-state index in [4.69, 9.17) is 16.3 Å². The van der Waals surface area contributed by atoms with E-state index in [2.05, 4.69) is 5.32 Å². The van der Waals surface area contributed by atoms with Crippen LogP contribution in [0.2, 0.25) is 5.02 Å². The Morgan fingerprint density at radius 1 is 1.11 bits per heavy atom. The van der Waals surface area contributed by atoms with Gasteiger partial charge >= 0.3 is 12.1 Å². The topological polar surface area (TPSA) is 55.4 Å². The number of aryl methyl sites for hydroxylation is 2. The van der Waals surface area contributed by atoms with Crippen molar-refractivity contribution in [3.63, 3.8) is 0 Å². The van der Waals surface area contributed by atoms with E-state index in [0.717, 1.165) is 23.3 Å². The van der Waals surface area contributed by atoms with Gasteiger partial charge in [-0.15, -0.1) is 0 Å². The van der Waals surface area contributed by atoms with Crippen molar-refractivity contribution in [2.24, 2.45) is 0 Å². The Bertz CT molecular complexity index is 825. The summed E-state index contributed by atoms with van der Waals surface area (Å²) in [4.78, 5) is 23.7. The molecule has 0 aliphatic rings. The third-order valence-electron chi connectivity index (χ3n) is 3.69. The lowest BCUT2D eigenvalue weighted by atomic mass is 10.1. The second kappa shape index (κ2) is 8.43. The van der Waals surface area contributed by atoms with Gasteiger partial charge in [-0.3, -0.25) is 9.59 Å². The molecule has 0 aliphatic carbocycles. The van der Waals surface area contributed by atoms with E-state index >= 15 is 0 Å². The van der Waals surface area contributed by atoms with E-state index in [9.17, 15) is 22.8 Å². The molecular weight excluding hydrogens is 383 g/mol. The van der Waals surface area contributed by atoms with E-state index in [1.165, 1.54) is 12.1 Å². The number of hydrogen-bond acceptors (Lipinski definition) is 3. The van der Waals surface area contributed by atoms with Crippen molar-refractivity contribution in [2.75, 3.05) is 11.9 Å². The van der Waals surface area contributed by atoms with Gasteiger partial charge in [0.15, 0.2) is 6.61 Å². The number of ether oxygens (including phenoxy) is 1. The molecule has 1 N–H and O–H groups in total. The molecule has 2 rings (SSSR count). The molecule has 0 radical (unpaired) electrons. The Kier molecular flexibility index (Phi) is 6.49. The Balaban J connectivity index is 1.87. The number of esters is 1. The summed E-state index contributed by atoms with van der Waals surface area (Å²) in [5.41, 5.74) is 1.70. The second-order valence-electron chi connectivity index (χ2n) is 6.02. The molecule has 0 heterocycles. The minimum absolute atomic E-state index is 0.240. The van der Waals surface area contributed by atoms with E-state index in [0.29, 0.717) is 16.3 Å². The fourth-order valence-corrected chi connectivity index (χ4v) is 2.79. The first-order valence-electron chi connectivity index (χ1n) is 7.94. The molecular formula is C19H17ClF3NO3. The second-order valence-corrected chi connectivity index (χ2v) is 6.43. The molecule has 0 saturated carbocycles. The van der Waals surface area contributed by atoms with Gasteiger partial charge in [0.05, 0.1) is 22.7 Å². The highest BCUT2D eigenvalue weighted by Gasteiger charge is 2.30. The quantitative estimate of drug-likeness (QED) is 0.741. The lowest BCUT2D eigenvalue weighted by molar-refractivity contribution is -0.146. The third kappa shape index (κ3) is 5.99. The normalized spacial score (nSPS) is 11.2. The van der Waals surface area contributed by atoms with Crippen molar-refractivity contribution >= 4 is 29.2 Å². The first-order chi connectivity index (χ1) is 12.6. The maximum absolute atomic E-state index is 12.5. The highest BCUT2D eigenvalue weighted by Crippen LogP contribution is 2.29. The molecule has 0 unspecified atom stereocenters. The highest BCUT2D eigenvalue weighted by molar-refractivity contribution is 6.34. The van der Waals surface area contributed by atoms with Gasteiger partial charge in [0.1, 0.15) is 0 Å². The van der Waals surface area contributed by atoms with E-state index in [-0.39, 0.29) is 6.42 Å². The number of carbonyl (C=O) groups is 2. The van der Waals surface area contributed by atoms with Crippen LogP contribution in [0.5, 0.6) is 0 Å². The lowest BCUT2D eigenvalue weighted by Crippen LogP contribution is -2.22. The van der Waals surface area contributed by atoms with Crippen molar-refractivity contribution in [2.45, 2.75) is 26.4 Å². The zero-order valence-electron chi connectivity index (χ0n) is 14.6. The van der Waals surface area contributed by atoms with E-state index < -0.39 is 30.2 Å². The van der Waals surface area contributed by atoms with E-state index in [1.54, 1.807) is 13.0 Å². The molecule has 27 heavy (non-hydrogen) atoms. The maximum atomic E-state index is 12.5. The van der Waals surface area contributed by atoms with Crippen molar-refractivity contribution in [1.29, 1.82) is 0 Å². The average Bonchev–Trinajstić information content (AvgIpc) is 2.56. The number of rotatable bonds is 5. The van der Waals surface area contributed by atoms with Crippen LogP contribution in [0.4, 0.5) is 18.9 Å². The van der Waals surface area contributed by atoms with Gasteiger partial charge in [-0.2, -0.15) is 13.2 Å². The van der Waals surface area contributed by atoms with Crippen LogP contribution in [0.15, 0.2) is 36.4 Å². The number of nitrogens with one attached hydrogen (secondary N) is 1. The minimum atomic E-state index is -4.44. The fourth-order valence-electron chi connectivity index (χ4n) is 2.42. The molecule has 0 atom stereocenters. The number of carbonyl (C=O) groups excluding carboxylic acids is 2. The first kappa shape index (κ1) is 20.8. The molecule has 1 amide bonds. The zero-order valence-corrected chi connectivity index (χ0v) is 15.4. The van der Waals surface area contributed by atoms with Gasteiger partial charge in [-0.05, 0) is 48.7 Å². The summed E-state index contributed by atoms with van der Waals surface area (Å²) in [6, 6.07) is 7.70. The molecule has 0 aromatic heterocycles. The van der Waals surface area contributed by atoms with Gasteiger partial charge in [0.25, 0.3) is 5.91 Å². The Morgan fingerprint density at radius 2 is 1.74 bits per heavy atom. The van der Waals surface area contributed by atoms with Crippen LogP contribution in [-0.2, 0) is 26.9 Å². The van der Waals surface area contributed by atoms with Crippen molar-refractivity contribution in [3.05, 3.63) is 63.7 Å². The molecule has 0 saturated heterocycles. The minimum Gasteiger partial charge on any atom is -0.455 e. The molecule has 0 bridgehead atoms. The van der Waals surface area contributed by atoms with Crippen LogP contribution >= 0.6 is 11.6 Å². The fraction of sp³-hybridized carbons (Fsp3) is 0.263. The molecule has 0 fully saturated rings. The summed E-state index contributed by atoms with van der Waals surface area (Å²) < 4.78 is 42.4. The van der Waals surface area contributed by atoms with Crippen LogP contribution in [0, 0.1) is 13.8 Å². The number of alkyl halides is 3. The van der Waals surface area contributed by atoms with Crippen LogP contribution in [-0.4, -0.2) is 18.5 Å². The summed E-state index contributed by atoms with van der Waals surface area (Å²) in [7, 11) is 0. The monoisotopic (exact) mass is 399 g/mol. The Hall–Kier alpha value is -2.54. The summed E-state index contributed by atoms with van der Waals surface area (Å²) in [6.45, 7) is 3.13. The predicted molar refractivity (Wildman–Crippen MR) is 95.7 cm³/mol. The van der Waals surface area contributed by atoms with Crippen molar-refractivity contribution in [3.8, 4) is 0 Å². The van der Waals surface area contributed by atoms with E-state index in [1.807, 2.05) is 13.0 Å². The smallest absolute Gasteiger partial charge is 0.416 e. The van der Waals surface area contributed by atoms with Gasteiger partial charge in [0.2, 0.25) is 0 Å². The largest absolute Gasteiger partial charge is 0.455 e. The summed E-state index contributed by atoms with van der Waals surface area (Å²) in [5, 5.41) is 2.95. The molecule has 8 heteroatoms. The van der Waals surface area contributed by atoms with Gasteiger partial charge in [-0.25, -0.2) is 0 Å². The standard InChI is InChI=1S/C19H17ClF3NO3/c1-11-7-12(2)18(15(20)8-11)24-16(25)10-27-17(26)9-13-3-5-14(6-4-13)19(21,22)23/h3-8H,9-10H2,1-2H3,(H,24,25). The molecule has 0 aliphatic heterocycles. The molecule has 2 aromatic carbocycles. The molecule has 144 valence electrons.